The van der Waals surface area contributed by atoms with Gasteiger partial charge in [0.1, 0.15) is 5.52 Å². The molecule has 136 valence electrons. The maximum Gasteiger partial charge on any atom is 0.240 e. The molecule has 2 aromatic carbocycles. The maximum absolute atomic E-state index is 12.2. The van der Waals surface area contributed by atoms with Crippen LogP contribution >= 0.6 is 11.6 Å². The highest BCUT2D eigenvalue weighted by molar-refractivity contribution is 7.90. The summed E-state index contributed by atoms with van der Waals surface area (Å²) >= 11 is 5.89. The van der Waals surface area contributed by atoms with Crippen molar-refractivity contribution in [2.75, 3.05) is 5.75 Å². The molecule has 0 saturated carbocycles. The highest BCUT2D eigenvalue weighted by atomic mass is 35.5. The van der Waals surface area contributed by atoms with E-state index in [2.05, 4.69) is 9.71 Å². The minimum atomic E-state index is -3.59. The second-order valence-corrected chi connectivity index (χ2v) is 8.29. The molecule has 1 unspecified atom stereocenters. The number of hydrogen-bond donors (Lipinski definition) is 1. The number of fused-ring (bicyclic) bond motifs is 1. The highest BCUT2D eigenvalue weighted by Gasteiger charge is 2.21. The number of sulfonamides is 1. The molecule has 1 atom stereocenters. The van der Waals surface area contributed by atoms with Crippen LogP contribution in [0.25, 0.3) is 22.6 Å². The van der Waals surface area contributed by atoms with E-state index < -0.39 is 21.8 Å². The summed E-state index contributed by atoms with van der Waals surface area (Å²) in [4.78, 5) is 16.6. The number of nitrogens with zero attached hydrogens (tertiary/aromatic N) is 1. The normalized spacial score (nSPS) is 12.9. The predicted octanol–water partition coefficient (Wildman–Crippen LogP) is 3.72. The van der Waals surface area contributed by atoms with Gasteiger partial charge in [0.05, 0.1) is 11.7 Å². The van der Waals surface area contributed by atoms with E-state index in [0.29, 0.717) is 27.6 Å². The molecular weight excluding hydrogens is 376 g/mol. The molecule has 26 heavy (non-hydrogen) atoms. The molecule has 0 spiro atoms. The van der Waals surface area contributed by atoms with Crippen LogP contribution in [-0.4, -0.2) is 25.1 Å². The van der Waals surface area contributed by atoms with Crippen molar-refractivity contribution in [2.24, 2.45) is 0 Å². The van der Waals surface area contributed by atoms with E-state index in [0.717, 1.165) is 5.56 Å². The van der Waals surface area contributed by atoms with Crippen molar-refractivity contribution in [1.29, 1.82) is 0 Å². The van der Waals surface area contributed by atoms with Crippen molar-refractivity contribution in [3.05, 3.63) is 53.1 Å². The van der Waals surface area contributed by atoms with Gasteiger partial charge in [-0.3, -0.25) is 9.52 Å². The average molecular weight is 393 g/mol. The van der Waals surface area contributed by atoms with E-state index in [9.17, 15) is 13.2 Å². The molecule has 1 N–H and O–H groups in total. The summed E-state index contributed by atoms with van der Waals surface area (Å²) in [6.07, 6.45) is 0. The summed E-state index contributed by atoms with van der Waals surface area (Å²) in [5, 5.41) is 0.619. The molecule has 1 amide bonds. The molecule has 6 nitrogen and oxygen atoms in total. The van der Waals surface area contributed by atoms with Crippen LogP contribution < -0.4 is 4.72 Å². The second kappa shape index (κ2) is 7.09. The van der Waals surface area contributed by atoms with E-state index in [1.54, 1.807) is 49.4 Å². The molecule has 0 saturated heterocycles. The lowest BCUT2D eigenvalue weighted by molar-refractivity contribution is -0.120. The number of carbonyl (C=O) groups excluding carboxylic acids is 1. The van der Waals surface area contributed by atoms with E-state index in [1.165, 1.54) is 6.92 Å². The number of benzene rings is 2. The van der Waals surface area contributed by atoms with Crippen LogP contribution in [-0.2, 0) is 14.8 Å². The van der Waals surface area contributed by atoms with E-state index in [1.807, 2.05) is 0 Å². The highest BCUT2D eigenvalue weighted by Crippen LogP contribution is 2.28. The van der Waals surface area contributed by atoms with Crippen molar-refractivity contribution in [2.45, 2.75) is 19.8 Å². The number of rotatable bonds is 5. The van der Waals surface area contributed by atoms with Crippen LogP contribution in [0.2, 0.25) is 5.02 Å². The first-order chi connectivity index (χ1) is 12.3. The van der Waals surface area contributed by atoms with Gasteiger partial charge in [-0.05, 0) is 55.8 Å². The number of halogens is 1. The smallest absolute Gasteiger partial charge is 0.240 e. The molecule has 3 rings (SSSR count). The van der Waals surface area contributed by atoms with E-state index in [4.69, 9.17) is 16.0 Å². The van der Waals surface area contributed by atoms with E-state index in [-0.39, 0.29) is 5.75 Å². The lowest BCUT2D eigenvalue weighted by Crippen LogP contribution is -2.34. The monoisotopic (exact) mass is 392 g/mol. The van der Waals surface area contributed by atoms with Crippen molar-refractivity contribution in [3.63, 3.8) is 0 Å². The Hall–Kier alpha value is -2.38. The summed E-state index contributed by atoms with van der Waals surface area (Å²) in [6.45, 7) is 3.11. The van der Waals surface area contributed by atoms with Crippen LogP contribution in [0.3, 0.4) is 0 Å². The number of aromatic nitrogens is 1. The maximum atomic E-state index is 12.2. The summed E-state index contributed by atoms with van der Waals surface area (Å²) in [5.41, 5.74) is 2.60. The zero-order valence-electron chi connectivity index (χ0n) is 14.2. The lowest BCUT2D eigenvalue weighted by Gasteiger charge is -2.12. The van der Waals surface area contributed by atoms with E-state index >= 15 is 0 Å². The van der Waals surface area contributed by atoms with Gasteiger partial charge in [-0.1, -0.05) is 17.7 Å². The number of oxazole rings is 1. The first-order valence-electron chi connectivity index (χ1n) is 8.00. The third kappa shape index (κ3) is 3.89. The molecule has 0 aliphatic heterocycles. The number of nitrogens with one attached hydrogen (secondary N) is 1. The lowest BCUT2D eigenvalue weighted by atomic mass is 10.0. The predicted molar refractivity (Wildman–Crippen MR) is 100 cm³/mol. The first kappa shape index (κ1) is 18.4. The molecule has 1 heterocycles. The number of hydrogen-bond acceptors (Lipinski definition) is 5. The zero-order chi connectivity index (χ0) is 18.9. The Morgan fingerprint density at radius 2 is 1.92 bits per heavy atom. The summed E-state index contributed by atoms with van der Waals surface area (Å²) in [7, 11) is -3.59. The van der Waals surface area contributed by atoms with Crippen LogP contribution in [0.5, 0.6) is 0 Å². The first-order valence-corrected chi connectivity index (χ1v) is 10.0. The van der Waals surface area contributed by atoms with Gasteiger partial charge in [-0.15, -0.1) is 0 Å². The van der Waals surface area contributed by atoms with Gasteiger partial charge in [0.2, 0.25) is 21.8 Å². The van der Waals surface area contributed by atoms with Crippen molar-refractivity contribution >= 4 is 38.6 Å². The number of carbonyl (C=O) groups is 1. The Bertz CT molecular complexity index is 1060. The van der Waals surface area contributed by atoms with Gasteiger partial charge in [-0.25, -0.2) is 13.4 Å². The van der Waals surface area contributed by atoms with Gasteiger partial charge in [-0.2, -0.15) is 0 Å². The summed E-state index contributed by atoms with van der Waals surface area (Å²) in [6, 6.07) is 12.3. The van der Waals surface area contributed by atoms with Gasteiger partial charge >= 0.3 is 0 Å². The van der Waals surface area contributed by atoms with Gasteiger partial charge in [0, 0.05) is 10.6 Å². The molecule has 0 radical (unpaired) electrons. The number of amides is 1. The third-order valence-electron chi connectivity index (χ3n) is 4.03. The Balaban J connectivity index is 1.89. The Labute approximate surface area is 156 Å². The molecule has 8 heteroatoms. The molecule has 1 aromatic heterocycles. The minimum Gasteiger partial charge on any atom is -0.436 e. The standard InChI is InChI=1S/C18H17ClN2O4S/c1-3-26(23,24)21-17(22)11(2)13-6-9-16-15(10-13)20-18(25-16)12-4-7-14(19)8-5-12/h4-11H,3H2,1-2H3,(H,21,22). The van der Waals surface area contributed by atoms with Crippen molar-refractivity contribution < 1.29 is 17.6 Å². The van der Waals surface area contributed by atoms with Gasteiger partial charge < -0.3 is 4.42 Å². The summed E-state index contributed by atoms with van der Waals surface area (Å²) < 4.78 is 30.9. The Morgan fingerprint density at radius 1 is 1.23 bits per heavy atom. The topological polar surface area (TPSA) is 89.3 Å². The van der Waals surface area contributed by atoms with Crippen LogP contribution in [0.1, 0.15) is 25.3 Å². The Kier molecular flexibility index (Phi) is 5.02. The molecular formula is C18H17ClN2O4S. The fraction of sp³-hybridized carbons (Fsp3) is 0.222. The minimum absolute atomic E-state index is 0.155. The molecule has 0 fully saturated rings. The van der Waals surface area contributed by atoms with Crippen LogP contribution in [0, 0.1) is 0 Å². The quantitative estimate of drug-likeness (QED) is 0.714. The Morgan fingerprint density at radius 3 is 2.58 bits per heavy atom. The molecule has 0 bridgehead atoms. The largest absolute Gasteiger partial charge is 0.436 e. The fourth-order valence-electron chi connectivity index (χ4n) is 2.39. The SMILES string of the molecule is CCS(=O)(=O)NC(=O)C(C)c1ccc2oc(-c3ccc(Cl)cc3)nc2c1. The fourth-order valence-corrected chi connectivity index (χ4v) is 3.15. The molecule has 0 aliphatic rings. The second-order valence-electron chi connectivity index (χ2n) is 5.84. The van der Waals surface area contributed by atoms with Crippen LogP contribution in [0.15, 0.2) is 46.9 Å². The zero-order valence-corrected chi connectivity index (χ0v) is 15.8. The molecule has 0 aliphatic carbocycles. The summed E-state index contributed by atoms with van der Waals surface area (Å²) in [5.74, 6) is -0.929. The van der Waals surface area contributed by atoms with Crippen molar-refractivity contribution in [3.8, 4) is 11.5 Å². The van der Waals surface area contributed by atoms with Crippen LogP contribution in [0.4, 0.5) is 0 Å². The van der Waals surface area contributed by atoms with Gasteiger partial charge in [0.15, 0.2) is 5.58 Å². The van der Waals surface area contributed by atoms with Gasteiger partial charge in [0.25, 0.3) is 0 Å². The molecule has 3 aromatic rings. The van der Waals surface area contributed by atoms with Crippen molar-refractivity contribution in [1.82, 2.24) is 9.71 Å². The average Bonchev–Trinajstić information content (AvgIpc) is 3.04. The third-order valence-corrected chi connectivity index (χ3v) is 5.56.